The largest absolute Gasteiger partial charge is 0.383 e. The highest BCUT2D eigenvalue weighted by molar-refractivity contribution is 4.68. The standard InChI is InChI=1S/C8H20N2O/c1-5-10(3)8(6-9-2)7-11-4/h8-9H,5-7H2,1-4H3/t8-/m0/s1. The van der Waals surface area contributed by atoms with Gasteiger partial charge in [0.2, 0.25) is 0 Å². The third-order valence-electron chi connectivity index (χ3n) is 1.92. The second-order valence-corrected chi connectivity index (χ2v) is 2.74. The fourth-order valence-electron chi connectivity index (χ4n) is 1.03. The van der Waals surface area contributed by atoms with E-state index in [1.165, 1.54) is 0 Å². The molecule has 0 fully saturated rings. The number of nitrogens with one attached hydrogen (secondary N) is 1. The Balaban J connectivity index is 3.66. The van der Waals surface area contributed by atoms with E-state index in [4.69, 9.17) is 4.74 Å². The lowest BCUT2D eigenvalue weighted by molar-refractivity contribution is 0.109. The van der Waals surface area contributed by atoms with Crippen LogP contribution in [-0.4, -0.2) is 51.8 Å². The Morgan fingerprint density at radius 2 is 2.18 bits per heavy atom. The molecule has 11 heavy (non-hydrogen) atoms. The number of likely N-dealkylation sites (N-methyl/N-ethyl adjacent to an activating group) is 2. The van der Waals surface area contributed by atoms with Crippen molar-refractivity contribution in [3.63, 3.8) is 0 Å². The van der Waals surface area contributed by atoms with Gasteiger partial charge >= 0.3 is 0 Å². The van der Waals surface area contributed by atoms with E-state index in [9.17, 15) is 0 Å². The molecule has 0 aromatic rings. The minimum Gasteiger partial charge on any atom is -0.383 e. The average molecular weight is 160 g/mol. The Morgan fingerprint density at radius 1 is 1.55 bits per heavy atom. The second kappa shape index (κ2) is 6.58. The van der Waals surface area contributed by atoms with E-state index >= 15 is 0 Å². The second-order valence-electron chi connectivity index (χ2n) is 2.74. The molecule has 1 N–H and O–H groups in total. The molecule has 0 saturated heterocycles. The first-order chi connectivity index (χ1) is 5.26. The predicted octanol–water partition coefficient (Wildman–Crippen LogP) is 0.173. The maximum absolute atomic E-state index is 5.10. The van der Waals surface area contributed by atoms with Gasteiger partial charge in [-0.25, -0.2) is 0 Å². The van der Waals surface area contributed by atoms with Crippen molar-refractivity contribution in [2.24, 2.45) is 0 Å². The van der Waals surface area contributed by atoms with Crippen molar-refractivity contribution in [2.45, 2.75) is 13.0 Å². The average Bonchev–Trinajstić information content (AvgIpc) is 2.03. The lowest BCUT2D eigenvalue weighted by Gasteiger charge is -2.25. The zero-order valence-corrected chi connectivity index (χ0v) is 8.05. The Hall–Kier alpha value is -0.120. The first kappa shape index (κ1) is 10.9. The van der Waals surface area contributed by atoms with Crippen LogP contribution in [0.2, 0.25) is 0 Å². The number of nitrogens with zero attached hydrogens (tertiary/aromatic N) is 1. The Morgan fingerprint density at radius 3 is 2.55 bits per heavy atom. The fourth-order valence-corrected chi connectivity index (χ4v) is 1.03. The molecule has 0 aromatic carbocycles. The lowest BCUT2D eigenvalue weighted by Crippen LogP contribution is -2.42. The number of methoxy groups -OCH3 is 1. The van der Waals surface area contributed by atoms with Crippen molar-refractivity contribution >= 4 is 0 Å². The van der Waals surface area contributed by atoms with Gasteiger partial charge in [0.1, 0.15) is 0 Å². The van der Waals surface area contributed by atoms with Crippen LogP contribution in [0, 0.1) is 0 Å². The van der Waals surface area contributed by atoms with Gasteiger partial charge in [0.25, 0.3) is 0 Å². The molecule has 0 amide bonds. The van der Waals surface area contributed by atoms with Gasteiger partial charge in [0, 0.05) is 19.7 Å². The molecule has 0 aromatic heterocycles. The molecule has 0 aliphatic rings. The fraction of sp³-hybridized carbons (Fsp3) is 1.00. The molecule has 0 unspecified atom stereocenters. The number of hydrogen-bond donors (Lipinski definition) is 1. The summed E-state index contributed by atoms with van der Waals surface area (Å²) < 4.78 is 5.10. The van der Waals surface area contributed by atoms with Gasteiger partial charge in [0.05, 0.1) is 6.61 Å². The van der Waals surface area contributed by atoms with Gasteiger partial charge < -0.3 is 15.0 Å². The monoisotopic (exact) mass is 160 g/mol. The molecular formula is C8H20N2O. The predicted molar refractivity (Wildman–Crippen MR) is 47.9 cm³/mol. The summed E-state index contributed by atoms with van der Waals surface area (Å²) in [5.74, 6) is 0. The van der Waals surface area contributed by atoms with E-state index in [-0.39, 0.29) is 0 Å². The first-order valence-corrected chi connectivity index (χ1v) is 4.10. The topological polar surface area (TPSA) is 24.5 Å². The van der Waals surface area contributed by atoms with Gasteiger partial charge in [-0.1, -0.05) is 6.92 Å². The van der Waals surface area contributed by atoms with Crippen LogP contribution in [0.15, 0.2) is 0 Å². The zero-order chi connectivity index (χ0) is 8.69. The third kappa shape index (κ3) is 4.35. The van der Waals surface area contributed by atoms with Crippen LogP contribution in [0.25, 0.3) is 0 Å². The van der Waals surface area contributed by atoms with E-state index in [1.807, 2.05) is 7.05 Å². The van der Waals surface area contributed by atoms with Crippen molar-refractivity contribution in [3.8, 4) is 0 Å². The molecular weight excluding hydrogens is 140 g/mol. The van der Waals surface area contributed by atoms with E-state index in [0.29, 0.717) is 6.04 Å². The van der Waals surface area contributed by atoms with E-state index < -0.39 is 0 Å². The van der Waals surface area contributed by atoms with Crippen LogP contribution in [0.3, 0.4) is 0 Å². The maximum Gasteiger partial charge on any atom is 0.0630 e. The van der Waals surface area contributed by atoms with Gasteiger partial charge in [-0.2, -0.15) is 0 Å². The van der Waals surface area contributed by atoms with Crippen molar-refractivity contribution < 1.29 is 4.74 Å². The number of rotatable bonds is 6. The van der Waals surface area contributed by atoms with Crippen LogP contribution in [-0.2, 0) is 4.74 Å². The minimum atomic E-state index is 0.495. The summed E-state index contributed by atoms with van der Waals surface area (Å²) in [4.78, 5) is 2.28. The Labute approximate surface area is 69.7 Å². The summed E-state index contributed by atoms with van der Waals surface area (Å²) in [5, 5.41) is 3.15. The van der Waals surface area contributed by atoms with E-state index in [1.54, 1.807) is 7.11 Å². The quantitative estimate of drug-likeness (QED) is 0.599. The van der Waals surface area contributed by atoms with E-state index in [2.05, 4.69) is 24.2 Å². The normalized spacial score (nSPS) is 13.9. The molecule has 3 nitrogen and oxygen atoms in total. The van der Waals surface area contributed by atoms with Crippen molar-refractivity contribution in [3.05, 3.63) is 0 Å². The Kier molecular flexibility index (Phi) is 6.51. The Bertz CT molecular complexity index is 82.2. The minimum absolute atomic E-state index is 0.495. The molecule has 1 atom stereocenters. The first-order valence-electron chi connectivity index (χ1n) is 4.10. The summed E-state index contributed by atoms with van der Waals surface area (Å²) in [6.45, 7) is 5.00. The molecule has 0 radical (unpaired) electrons. The van der Waals surface area contributed by atoms with Gasteiger partial charge in [-0.15, -0.1) is 0 Å². The van der Waals surface area contributed by atoms with Gasteiger partial charge in [0.15, 0.2) is 0 Å². The molecule has 3 heteroatoms. The highest BCUT2D eigenvalue weighted by Crippen LogP contribution is 1.94. The maximum atomic E-state index is 5.10. The van der Waals surface area contributed by atoms with Gasteiger partial charge in [-0.05, 0) is 20.6 Å². The lowest BCUT2D eigenvalue weighted by atomic mass is 10.3. The van der Waals surface area contributed by atoms with Crippen LogP contribution < -0.4 is 5.32 Å². The zero-order valence-electron chi connectivity index (χ0n) is 8.05. The molecule has 0 aliphatic heterocycles. The van der Waals surface area contributed by atoms with Crippen LogP contribution in [0.4, 0.5) is 0 Å². The third-order valence-corrected chi connectivity index (χ3v) is 1.92. The summed E-state index contributed by atoms with van der Waals surface area (Å²) in [7, 11) is 5.82. The van der Waals surface area contributed by atoms with Crippen LogP contribution in [0.1, 0.15) is 6.92 Å². The molecule has 0 spiro atoms. The molecule has 0 aliphatic carbocycles. The number of ether oxygens (including phenoxy) is 1. The smallest absolute Gasteiger partial charge is 0.0630 e. The highest BCUT2D eigenvalue weighted by atomic mass is 16.5. The molecule has 0 bridgehead atoms. The molecule has 68 valence electrons. The molecule has 0 rings (SSSR count). The summed E-state index contributed by atoms with van der Waals surface area (Å²) >= 11 is 0. The number of hydrogen-bond acceptors (Lipinski definition) is 3. The summed E-state index contributed by atoms with van der Waals surface area (Å²) in [6, 6.07) is 0.495. The highest BCUT2D eigenvalue weighted by Gasteiger charge is 2.10. The summed E-state index contributed by atoms with van der Waals surface area (Å²) in [6.07, 6.45) is 0. The van der Waals surface area contributed by atoms with Crippen molar-refractivity contribution in [2.75, 3.05) is 40.9 Å². The summed E-state index contributed by atoms with van der Waals surface area (Å²) in [5.41, 5.74) is 0. The van der Waals surface area contributed by atoms with Crippen LogP contribution >= 0.6 is 0 Å². The van der Waals surface area contributed by atoms with Crippen molar-refractivity contribution in [1.82, 2.24) is 10.2 Å². The van der Waals surface area contributed by atoms with Crippen LogP contribution in [0.5, 0.6) is 0 Å². The van der Waals surface area contributed by atoms with Crippen molar-refractivity contribution in [1.29, 1.82) is 0 Å². The van der Waals surface area contributed by atoms with Gasteiger partial charge in [-0.3, -0.25) is 0 Å². The van der Waals surface area contributed by atoms with E-state index in [0.717, 1.165) is 19.7 Å². The SMILES string of the molecule is CCN(C)[C@@H](CNC)COC. The molecule has 0 saturated carbocycles. The molecule has 0 heterocycles.